The van der Waals surface area contributed by atoms with Crippen LogP contribution in [-0.4, -0.2) is 11.2 Å². The van der Waals surface area contributed by atoms with Gasteiger partial charge in [-0.1, -0.05) is 6.42 Å². The molecule has 0 aromatic rings. The molecule has 3 heteroatoms. The van der Waals surface area contributed by atoms with Crippen LogP contribution in [0.25, 0.3) is 0 Å². The number of alkyl halides is 2. The fourth-order valence-electron chi connectivity index (χ4n) is 1.31. The van der Waals surface area contributed by atoms with Crippen LogP contribution < -0.4 is 0 Å². The van der Waals surface area contributed by atoms with Crippen molar-refractivity contribution < 1.29 is 8.78 Å². The Morgan fingerprint density at radius 2 is 2.00 bits per heavy atom. The Kier molecular flexibility index (Phi) is 2.55. The largest absolute Gasteiger partial charge is 0.249 e. The SMILES string of the molecule is FC1(F)CCCCC(S)C1. The van der Waals surface area contributed by atoms with Crippen LogP contribution >= 0.6 is 12.6 Å². The van der Waals surface area contributed by atoms with Gasteiger partial charge in [-0.3, -0.25) is 0 Å². The molecule has 0 saturated heterocycles. The predicted octanol–water partition coefficient (Wildman–Crippen LogP) is 2.88. The summed E-state index contributed by atoms with van der Waals surface area (Å²) in [7, 11) is 0. The van der Waals surface area contributed by atoms with Crippen LogP contribution in [0.4, 0.5) is 8.78 Å². The zero-order valence-corrected chi connectivity index (χ0v) is 6.71. The summed E-state index contributed by atoms with van der Waals surface area (Å²) in [5, 5.41) is -0.0856. The van der Waals surface area contributed by atoms with Crippen molar-refractivity contribution in [3.05, 3.63) is 0 Å². The van der Waals surface area contributed by atoms with Crippen molar-refractivity contribution in [2.24, 2.45) is 0 Å². The summed E-state index contributed by atoms with van der Waals surface area (Å²) < 4.78 is 25.3. The van der Waals surface area contributed by atoms with Crippen LogP contribution in [0.2, 0.25) is 0 Å². The van der Waals surface area contributed by atoms with Crippen LogP contribution in [0.3, 0.4) is 0 Å². The normalized spacial score (nSPS) is 33.3. The third-order valence-electron chi connectivity index (χ3n) is 1.86. The highest BCUT2D eigenvalue weighted by atomic mass is 32.1. The Labute approximate surface area is 65.4 Å². The lowest BCUT2D eigenvalue weighted by Gasteiger charge is -2.14. The second kappa shape index (κ2) is 3.07. The summed E-state index contributed by atoms with van der Waals surface area (Å²) in [6, 6.07) is 0. The maximum absolute atomic E-state index is 12.7. The maximum Gasteiger partial charge on any atom is 0.249 e. The van der Waals surface area contributed by atoms with Gasteiger partial charge in [-0.05, 0) is 12.8 Å². The first kappa shape index (κ1) is 8.31. The average Bonchev–Trinajstić information content (AvgIpc) is 1.90. The molecule has 1 aliphatic rings. The Morgan fingerprint density at radius 1 is 1.30 bits per heavy atom. The molecule has 10 heavy (non-hydrogen) atoms. The summed E-state index contributed by atoms with van der Waals surface area (Å²) in [5.74, 6) is -2.44. The van der Waals surface area contributed by atoms with Gasteiger partial charge in [-0.15, -0.1) is 0 Å². The summed E-state index contributed by atoms with van der Waals surface area (Å²) in [4.78, 5) is 0. The van der Waals surface area contributed by atoms with Crippen LogP contribution in [0.1, 0.15) is 32.1 Å². The smallest absolute Gasteiger partial charge is 0.207 e. The van der Waals surface area contributed by atoms with Gasteiger partial charge in [0.2, 0.25) is 5.92 Å². The molecule has 0 aromatic carbocycles. The standard InChI is InChI=1S/C7H12F2S/c8-7(9)4-2-1-3-6(10)5-7/h6,10H,1-5H2. The minimum atomic E-state index is -2.44. The van der Waals surface area contributed by atoms with Crippen molar-refractivity contribution in [1.29, 1.82) is 0 Å². The lowest BCUT2D eigenvalue weighted by atomic mass is 10.1. The van der Waals surface area contributed by atoms with Crippen molar-refractivity contribution in [2.45, 2.75) is 43.3 Å². The van der Waals surface area contributed by atoms with Crippen LogP contribution in [-0.2, 0) is 0 Å². The van der Waals surface area contributed by atoms with Gasteiger partial charge in [-0.25, -0.2) is 8.78 Å². The second-order valence-electron chi connectivity index (χ2n) is 2.96. The molecule has 1 atom stereocenters. The van der Waals surface area contributed by atoms with Crippen molar-refractivity contribution >= 4 is 12.6 Å². The molecule has 0 heterocycles. The molecule has 1 saturated carbocycles. The Balaban J connectivity index is 2.46. The molecule has 0 N–H and O–H groups in total. The first-order valence-corrected chi connectivity index (χ1v) is 4.18. The summed E-state index contributed by atoms with van der Waals surface area (Å²) in [5.41, 5.74) is 0. The third kappa shape index (κ3) is 2.45. The molecule has 1 unspecified atom stereocenters. The van der Waals surface area contributed by atoms with Gasteiger partial charge in [0.25, 0.3) is 0 Å². The first-order chi connectivity index (χ1) is 4.60. The maximum atomic E-state index is 12.7. The van der Waals surface area contributed by atoms with Crippen molar-refractivity contribution in [3.63, 3.8) is 0 Å². The van der Waals surface area contributed by atoms with Gasteiger partial charge in [0.15, 0.2) is 0 Å². The highest BCUT2D eigenvalue weighted by molar-refractivity contribution is 7.80. The van der Waals surface area contributed by atoms with Gasteiger partial charge in [0, 0.05) is 18.1 Å². The number of hydrogen-bond acceptors (Lipinski definition) is 1. The molecular weight excluding hydrogens is 154 g/mol. The first-order valence-electron chi connectivity index (χ1n) is 3.66. The molecule has 0 bridgehead atoms. The fourth-order valence-corrected chi connectivity index (χ4v) is 1.76. The lowest BCUT2D eigenvalue weighted by molar-refractivity contribution is -0.0124. The topological polar surface area (TPSA) is 0 Å². The fraction of sp³-hybridized carbons (Fsp3) is 1.00. The number of rotatable bonds is 0. The van der Waals surface area contributed by atoms with Crippen molar-refractivity contribution in [1.82, 2.24) is 0 Å². The van der Waals surface area contributed by atoms with E-state index in [4.69, 9.17) is 0 Å². The zero-order valence-electron chi connectivity index (χ0n) is 5.82. The molecule has 1 fully saturated rings. The Hall–Kier alpha value is 0.210. The monoisotopic (exact) mass is 166 g/mol. The molecule has 0 aliphatic heterocycles. The molecule has 0 radical (unpaired) electrons. The van der Waals surface area contributed by atoms with E-state index in [-0.39, 0.29) is 18.1 Å². The molecule has 0 nitrogen and oxygen atoms in total. The van der Waals surface area contributed by atoms with Crippen LogP contribution in [0, 0.1) is 0 Å². The quantitative estimate of drug-likeness (QED) is 0.415. The van der Waals surface area contributed by atoms with E-state index in [1.54, 1.807) is 0 Å². The van der Waals surface area contributed by atoms with Gasteiger partial charge in [0.1, 0.15) is 0 Å². The summed E-state index contributed by atoms with van der Waals surface area (Å²) >= 11 is 4.06. The van der Waals surface area contributed by atoms with Crippen molar-refractivity contribution in [2.75, 3.05) is 0 Å². The molecule has 60 valence electrons. The predicted molar refractivity (Wildman–Crippen MR) is 40.8 cm³/mol. The molecule has 0 amide bonds. The lowest BCUT2D eigenvalue weighted by Crippen LogP contribution is -2.18. The van der Waals surface area contributed by atoms with E-state index in [1.807, 2.05) is 0 Å². The highest BCUT2D eigenvalue weighted by Crippen LogP contribution is 2.33. The number of thiol groups is 1. The van der Waals surface area contributed by atoms with Gasteiger partial charge < -0.3 is 0 Å². The Bertz CT molecular complexity index is 114. The second-order valence-corrected chi connectivity index (χ2v) is 3.69. The van der Waals surface area contributed by atoms with Gasteiger partial charge in [0.05, 0.1) is 0 Å². The molecule has 0 aromatic heterocycles. The number of hydrogen-bond donors (Lipinski definition) is 1. The average molecular weight is 166 g/mol. The summed E-state index contributed by atoms with van der Waals surface area (Å²) in [6.45, 7) is 0. The molecule has 1 rings (SSSR count). The minimum absolute atomic E-state index is 0.0316. The zero-order chi connectivity index (χ0) is 7.61. The van der Waals surface area contributed by atoms with Gasteiger partial charge in [-0.2, -0.15) is 12.6 Å². The molecule has 0 spiro atoms. The van der Waals surface area contributed by atoms with E-state index in [9.17, 15) is 8.78 Å². The van der Waals surface area contributed by atoms with E-state index in [2.05, 4.69) is 12.6 Å². The minimum Gasteiger partial charge on any atom is -0.207 e. The highest BCUT2D eigenvalue weighted by Gasteiger charge is 2.32. The molecular formula is C7H12F2S. The van der Waals surface area contributed by atoms with Crippen LogP contribution in [0.15, 0.2) is 0 Å². The van der Waals surface area contributed by atoms with E-state index < -0.39 is 5.92 Å². The molecule has 1 aliphatic carbocycles. The van der Waals surface area contributed by atoms with E-state index in [0.29, 0.717) is 6.42 Å². The number of halogens is 2. The van der Waals surface area contributed by atoms with E-state index in [1.165, 1.54) is 0 Å². The van der Waals surface area contributed by atoms with E-state index in [0.717, 1.165) is 12.8 Å². The van der Waals surface area contributed by atoms with E-state index >= 15 is 0 Å². The van der Waals surface area contributed by atoms with Crippen molar-refractivity contribution in [3.8, 4) is 0 Å². The third-order valence-corrected chi connectivity index (χ3v) is 2.30. The summed E-state index contributed by atoms with van der Waals surface area (Å²) in [6.07, 6.45) is 2.44. The van der Waals surface area contributed by atoms with Gasteiger partial charge >= 0.3 is 0 Å². The van der Waals surface area contributed by atoms with Crippen LogP contribution in [0.5, 0.6) is 0 Å². The Morgan fingerprint density at radius 3 is 2.70 bits per heavy atom.